The lowest BCUT2D eigenvalue weighted by Crippen LogP contribution is -2.02. The second kappa shape index (κ2) is 5.42. The van der Waals surface area contributed by atoms with Gasteiger partial charge in [0.25, 0.3) is 0 Å². The molecule has 0 radical (unpaired) electrons. The van der Waals surface area contributed by atoms with Gasteiger partial charge < -0.3 is 5.73 Å². The standard InChI is InChI=1S/C13H8BrClFN5/c14-10-3-2-8(17)6-9(10)13-18-19-20-21(13)12-4-1-7(16)5-11(12)15/h1-6H,17H2. The van der Waals surface area contributed by atoms with E-state index in [1.807, 2.05) is 0 Å². The highest BCUT2D eigenvalue weighted by molar-refractivity contribution is 9.10. The predicted molar refractivity (Wildman–Crippen MR) is 81.7 cm³/mol. The normalized spacial score (nSPS) is 10.8. The van der Waals surface area contributed by atoms with Crippen molar-refractivity contribution < 1.29 is 4.39 Å². The van der Waals surface area contributed by atoms with Gasteiger partial charge in [-0.05, 0) is 46.8 Å². The molecule has 2 N–H and O–H groups in total. The summed E-state index contributed by atoms with van der Waals surface area (Å²) in [5.74, 6) is 0.0196. The van der Waals surface area contributed by atoms with Crippen LogP contribution in [0.5, 0.6) is 0 Å². The van der Waals surface area contributed by atoms with Gasteiger partial charge in [-0.25, -0.2) is 4.39 Å². The second-order valence-electron chi connectivity index (χ2n) is 4.25. The quantitative estimate of drug-likeness (QED) is 0.703. The fourth-order valence-corrected chi connectivity index (χ4v) is 2.56. The van der Waals surface area contributed by atoms with Gasteiger partial charge in [0.1, 0.15) is 5.82 Å². The lowest BCUT2D eigenvalue weighted by Gasteiger charge is -2.08. The van der Waals surface area contributed by atoms with Gasteiger partial charge in [-0.2, -0.15) is 4.68 Å². The number of anilines is 1. The molecule has 21 heavy (non-hydrogen) atoms. The van der Waals surface area contributed by atoms with Crippen molar-refractivity contribution in [3.8, 4) is 17.1 Å². The SMILES string of the molecule is Nc1ccc(Br)c(-c2nnnn2-c2ccc(F)cc2Cl)c1. The van der Waals surface area contributed by atoms with Gasteiger partial charge in [0.05, 0.1) is 10.7 Å². The van der Waals surface area contributed by atoms with Gasteiger partial charge in [-0.3, -0.25) is 0 Å². The number of aromatic nitrogens is 4. The van der Waals surface area contributed by atoms with Crippen molar-refractivity contribution in [3.05, 3.63) is 51.7 Å². The number of rotatable bonds is 2. The minimum absolute atomic E-state index is 0.212. The molecule has 0 saturated carbocycles. The summed E-state index contributed by atoms with van der Waals surface area (Å²) in [7, 11) is 0. The fraction of sp³-hybridized carbons (Fsp3) is 0. The van der Waals surface area contributed by atoms with E-state index < -0.39 is 5.82 Å². The van der Waals surface area contributed by atoms with Crippen molar-refractivity contribution in [2.45, 2.75) is 0 Å². The van der Waals surface area contributed by atoms with Crippen molar-refractivity contribution in [1.29, 1.82) is 0 Å². The topological polar surface area (TPSA) is 69.6 Å². The molecule has 8 heteroatoms. The van der Waals surface area contributed by atoms with Crippen LogP contribution in [0.15, 0.2) is 40.9 Å². The molecule has 0 amide bonds. The molecule has 106 valence electrons. The van der Waals surface area contributed by atoms with Crippen LogP contribution in [0.2, 0.25) is 5.02 Å². The fourth-order valence-electron chi connectivity index (χ4n) is 1.88. The summed E-state index contributed by atoms with van der Waals surface area (Å²) < 4.78 is 15.4. The van der Waals surface area contributed by atoms with E-state index in [4.69, 9.17) is 17.3 Å². The third kappa shape index (κ3) is 2.62. The molecule has 0 atom stereocenters. The third-order valence-electron chi connectivity index (χ3n) is 2.84. The summed E-state index contributed by atoms with van der Waals surface area (Å²) in [6.07, 6.45) is 0. The first-order valence-electron chi connectivity index (χ1n) is 5.85. The maximum Gasteiger partial charge on any atom is 0.188 e. The molecule has 0 aliphatic rings. The number of nitrogens with zero attached hydrogens (tertiary/aromatic N) is 4. The molecule has 0 spiro atoms. The van der Waals surface area contributed by atoms with E-state index >= 15 is 0 Å². The van der Waals surface area contributed by atoms with Gasteiger partial charge in [-0.15, -0.1) is 5.10 Å². The average molecular weight is 369 g/mol. The smallest absolute Gasteiger partial charge is 0.188 e. The molecule has 0 aliphatic carbocycles. The molecule has 5 nitrogen and oxygen atoms in total. The Morgan fingerprint density at radius 1 is 1.19 bits per heavy atom. The molecule has 1 heterocycles. The van der Waals surface area contributed by atoms with E-state index in [1.54, 1.807) is 18.2 Å². The summed E-state index contributed by atoms with van der Waals surface area (Å²) >= 11 is 9.49. The van der Waals surface area contributed by atoms with Gasteiger partial charge in [0.15, 0.2) is 5.82 Å². The number of halogens is 3. The Morgan fingerprint density at radius 3 is 2.76 bits per heavy atom. The van der Waals surface area contributed by atoms with E-state index in [1.165, 1.54) is 22.9 Å². The minimum atomic E-state index is -0.427. The van der Waals surface area contributed by atoms with Crippen molar-refractivity contribution in [1.82, 2.24) is 20.2 Å². The summed E-state index contributed by atoms with van der Waals surface area (Å²) in [5.41, 5.74) is 7.56. The van der Waals surface area contributed by atoms with Crippen LogP contribution in [0.3, 0.4) is 0 Å². The zero-order valence-electron chi connectivity index (χ0n) is 10.5. The van der Waals surface area contributed by atoms with Gasteiger partial charge in [0, 0.05) is 15.7 Å². The van der Waals surface area contributed by atoms with Crippen molar-refractivity contribution in [2.24, 2.45) is 0 Å². The molecule has 0 unspecified atom stereocenters. The molecule has 3 rings (SSSR count). The Bertz CT molecular complexity index is 820. The van der Waals surface area contributed by atoms with Gasteiger partial charge in [-0.1, -0.05) is 27.5 Å². The number of hydrogen-bond acceptors (Lipinski definition) is 4. The molecule has 2 aromatic carbocycles. The van der Waals surface area contributed by atoms with Gasteiger partial charge in [0.2, 0.25) is 0 Å². The molecule has 0 fully saturated rings. The lowest BCUT2D eigenvalue weighted by molar-refractivity contribution is 0.627. The number of benzene rings is 2. The number of hydrogen-bond donors (Lipinski definition) is 1. The average Bonchev–Trinajstić information content (AvgIpc) is 2.90. The number of tetrazole rings is 1. The van der Waals surface area contributed by atoms with Crippen LogP contribution in [-0.4, -0.2) is 20.2 Å². The van der Waals surface area contributed by atoms with Crippen molar-refractivity contribution in [2.75, 3.05) is 5.73 Å². The molecular weight excluding hydrogens is 361 g/mol. The van der Waals surface area contributed by atoms with E-state index in [0.29, 0.717) is 22.8 Å². The number of nitrogens with two attached hydrogens (primary N) is 1. The van der Waals surface area contributed by atoms with Crippen molar-refractivity contribution in [3.63, 3.8) is 0 Å². The highest BCUT2D eigenvalue weighted by Crippen LogP contribution is 2.31. The molecular formula is C13H8BrClFN5. The minimum Gasteiger partial charge on any atom is -0.399 e. The summed E-state index contributed by atoms with van der Waals surface area (Å²) in [6.45, 7) is 0. The van der Waals surface area contributed by atoms with Crippen LogP contribution in [0.4, 0.5) is 10.1 Å². The maximum atomic E-state index is 13.2. The monoisotopic (exact) mass is 367 g/mol. The highest BCUT2D eigenvalue weighted by Gasteiger charge is 2.16. The number of nitrogen functional groups attached to an aromatic ring is 1. The second-order valence-corrected chi connectivity index (χ2v) is 5.51. The van der Waals surface area contributed by atoms with Crippen LogP contribution < -0.4 is 5.73 Å². The van der Waals surface area contributed by atoms with Crippen LogP contribution in [0.25, 0.3) is 17.1 Å². The van der Waals surface area contributed by atoms with Crippen LogP contribution in [0.1, 0.15) is 0 Å². The summed E-state index contributed by atoms with van der Waals surface area (Å²) in [5, 5.41) is 11.8. The Labute approximate surface area is 132 Å². The molecule has 1 aromatic heterocycles. The van der Waals surface area contributed by atoms with E-state index in [9.17, 15) is 4.39 Å². The maximum absolute atomic E-state index is 13.2. The largest absolute Gasteiger partial charge is 0.399 e. The van der Waals surface area contributed by atoms with Crippen LogP contribution in [0, 0.1) is 5.82 Å². The first kappa shape index (κ1) is 14.0. The van der Waals surface area contributed by atoms with Crippen molar-refractivity contribution >= 4 is 33.2 Å². The van der Waals surface area contributed by atoms with Crippen LogP contribution >= 0.6 is 27.5 Å². The Balaban J connectivity index is 2.19. The molecule has 0 bridgehead atoms. The third-order valence-corrected chi connectivity index (χ3v) is 3.83. The first-order valence-corrected chi connectivity index (χ1v) is 7.02. The predicted octanol–water partition coefficient (Wildman–Crippen LogP) is 3.47. The van der Waals surface area contributed by atoms with E-state index in [2.05, 4.69) is 31.5 Å². The van der Waals surface area contributed by atoms with Gasteiger partial charge >= 0.3 is 0 Å². The zero-order valence-corrected chi connectivity index (χ0v) is 12.8. The summed E-state index contributed by atoms with van der Waals surface area (Å²) in [6, 6.07) is 9.31. The molecule has 3 aromatic rings. The first-order chi connectivity index (χ1) is 10.1. The molecule has 0 aliphatic heterocycles. The lowest BCUT2D eigenvalue weighted by atomic mass is 10.2. The molecule has 0 saturated heterocycles. The Hall–Kier alpha value is -1.99. The zero-order chi connectivity index (χ0) is 15.0. The van der Waals surface area contributed by atoms with E-state index in [0.717, 1.165) is 4.47 Å². The Morgan fingerprint density at radius 2 is 2.00 bits per heavy atom. The summed E-state index contributed by atoms with van der Waals surface area (Å²) in [4.78, 5) is 0. The Kier molecular flexibility index (Phi) is 3.60. The highest BCUT2D eigenvalue weighted by atomic mass is 79.9. The van der Waals surface area contributed by atoms with Crippen LogP contribution in [-0.2, 0) is 0 Å². The van der Waals surface area contributed by atoms with E-state index in [-0.39, 0.29) is 5.02 Å².